The van der Waals surface area contributed by atoms with Gasteiger partial charge in [0.1, 0.15) is 25.4 Å². The smallest absolute Gasteiger partial charge is 0.200 e. The van der Waals surface area contributed by atoms with Gasteiger partial charge in [-0.1, -0.05) is 29.7 Å². The minimum atomic E-state index is -0.0620. The van der Waals surface area contributed by atoms with E-state index in [0.717, 1.165) is 51.3 Å². The number of benzene rings is 2. The average molecular weight is 389 g/mol. The molecule has 6 heteroatoms. The fraction of sp³-hybridized carbons (Fsp3) is 0.348. The Kier molecular flexibility index (Phi) is 6.32. The normalized spacial score (nSPS) is 14.9. The molecule has 5 nitrogen and oxygen atoms in total. The fourth-order valence-electron chi connectivity index (χ4n) is 3.51. The van der Waals surface area contributed by atoms with Crippen LogP contribution in [0.4, 0.5) is 0 Å². The summed E-state index contributed by atoms with van der Waals surface area (Å²) in [7, 11) is 5.72. The van der Waals surface area contributed by atoms with E-state index < -0.39 is 0 Å². The van der Waals surface area contributed by atoms with Crippen LogP contribution in [-0.2, 0) is 4.74 Å². The molecule has 1 saturated heterocycles. The van der Waals surface area contributed by atoms with Crippen molar-refractivity contribution in [2.45, 2.75) is 12.8 Å². The number of unbranched alkanes of at least 4 members (excludes halogenated alkanes) is 1. The van der Waals surface area contributed by atoms with E-state index >= 15 is 0 Å². The Labute approximate surface area is 171 Å². The number of nitrogens with zero attached hydrogens (tertiary/aromatic N) is 1. The van der Waals surface area contributed by atoms with Gasteiger partial charge in [0.15, 0.2) is 5.43 Å². The Bertz CT molecular complexity index is 1010. The molecule has 0 bridgehead atoms. The first-order chi connectivity index (χ1) is 14.2. The highest BCUT2D eigenvalue weighted by Gasteiger charge is 2.11. The number of rotatable bonds is 7. The Morgan fingerprint density at radius 2 is 1.83 bits per heavy atom. The van der Waals surface area contributed by atoms with Crippen molar-refractivity contribution < 1.29 is 13.9 Å². The highest BCUT2D eigenvalue weighted by atomic mass is 16.5. The molecule has 0 saturated carbocycles. The zero-order valence-corrected chi connectivity index (χ0v) is 16.4. The van der Waals surface area contributed by atoms with Crippen LogP contribution in [-0.4, -0.2) is 52.2 Å². The standard InChI is InChI=1S/C23H24BNO4/c24-18-5-3-17(4-6-18)21-16-29-22-15-19(7-8-20(22)23(21)26)28-12-2-1-9-25-10-13-27-14-11-25/h3-8,15-16H,1-2,9-14H2. The summed E-state index contributed by atoms with van der Waals surface area (Å²) < 4.78 is 16.9. The van der Waals surface area contributed by atoms with Gasteiger partial charge in [0, 0.05) is 19.2 Å². The van der Waals surface area contributed by atoms with Crippen molar-refractivity contribution in [3.05, 3.63) is 59.0 Å². The fourth-order valence-corrected chi connectivity index (χ4v) is 3.51. The van der Waals surface area contributed by atoms with Gasteiger partial charge in [0.2, 0.25) is 0 Å². The van der Waals surface area contributed by atoms with E-state index in [0.29, 0.717) is 34.4 Å². The highest BCUT2D eigenvalue weighted by molar-refractivity contribution is 6.32. The van der Waals surface area contributed by atoms with E-state index in [4.69, 9.17) is 21.7 Å². The molecule has 0 spiro atoms. The summed E-state index contributed by atoms with van der Waals surface area (Å²) in [6.07, 6.45) is 3.57. The van der Waals surface area contributed by atoms with Crippen molar-refractivity contribution in [1.29, 1.82) is 0 Å². The van der Waals surface area contributed by atoms with Gasteiger partial charge in [-0.2, -0.15) is 0 Å². The third-order valence-corrected chi connectivity index (χ3v) is 5.21. The van der Waals surface area contributed by atoms with Gasteiger partial charge in [0.05, 0.1) is 30.8 Å². The van der Waals surface area contributed by atoms with Crippen molar-refractivity contribution in [2.24, 2.45) is 0 Å². The van der Waals surface area contributed by atoms with Gasteiger partial charge in [-0.05, 0) is 37.1 Å². The van der Waals surface area contributed by atoms with Crippen LogP contribution in [0.2, 0.25) is 0 Å². The van der Waals surface area contributed by atoms with Crippen molar-refractivity contribution in [2.75, 3.05) is 39.5 Å². The molecule has 2 radical (unpaired) electrons. The van der Waals surface area contributed by atoms with Gasteiger partial charge in [-0.25, -0.2) is 0 Å². The van der Waals surface area contributed by atoms with Crippen LogP contribution in [0.3, 0.4) is 0 Å². The molecular weight excluding hydrogens is 365 g/mol. The third-order valence-electron chi connectivity index (χ3n) is 5.21. The lowest BCUT2D eigenvalue weighted by Gasteiger charge is -2.26. The molecule has 1 aliphatic rings. The molecule has 2 heterocycles. The monoisotopic (exact) mass is 389 g/mol. The zero-order chi connectivity index (χ0) is 20.1. The maximum atomic E-state index is 12.8. The maximum absolute atomic E-state index is 12.8. The molecule has 4 rings (SSSR count). The number of ether oxygens (including phenoxy) is 2. The molecule has 148 valence electrons. The first-order valence-corrected chi connectivity index (χ1v) is 10.0. The minimum absolute atomic E-state index is 0.0620. The van der Waals surface area contributed by atoms with E-state index in [1.54, 1.807) is 24.3 Å². The Morgan fingerprint density at radius 1 is 1.03 bits per heavy atom. The second kappa shape index (κ2) is 9.29. The first kappa shape index (κ1) is 19.7. The topological polar surface area (TPSA) is 51.9 Å². The molecule has 3 aromatic rings. The van der Waals surface area contributed by atoms with Crippen molar-refractivity contribution in [1.82, 2.24) is 4.90 Å². The maximum Gasteiger partial charge on any atom is 0.200 e. The van der Waals surface area contributed by atoms with Crippen LogP contribution in [0.5, 0.6) is 5.75 Å². The van der Waals surface area contributed by atoms with Crippen LogP contribution in [0.1, 0.15) is 12.8 Å². The van der Waals surface area contributed by atoms with Gasteiger partial charge >= 0.3 is 0 Å². The first-order valence-electron chi connectivity index (χ1n) is 10.0. The molecule has 0 N–H and O–H groups in total. The van der Waals surface area contributed by atoms with Crippen LogP contribution in [0.15, 0.2) is 57.9 Å². The van der Waals surface area contributed by atoms with Crippen LogP contribution < -0.4 is 15.6 Å². The summed E-state index contributed by atoms with van der Waals surface area (Å²) in [5, 5.41) is 0.541. The summed E-state index contributed by atoms with van der Waals surface area (Å²) in [5.41, 5.74) is 2.43. The molecule has 1 aromatic heterocycles. The summed E-state index contributed by atoms with van der Waals surface area (Å²) in [5.74, 6) is 0.715. The lowest BCUT2D eigenvalue weighted by molar-refractivity contribution is 0.0368. The largest absolute Gasteiger partial charge is 0.493 e. The molecular formula is C23H24BNO4. The van der Waals surface area contributed by atoms with Gasteiger partial charge in [-0.15, -0.1) is 0 Å². The van der Waals surface area contributed by atoms with Crippen molar-refractivity contribution in [3.63, 3.8) is 0 Å². The van der Waals surface area contributed by atoms with E-state index in [2.05, 4.69) is 4.90 Å². The summed E-state index contributed by atoms with van der Waals surface area (Å²) in [6, 6.07) is 12.6. The minimum Gasteiger partial charge on any atom is -0.493 e. The van der Waals surface area contributed by atoms with E-state index in [1.807, 2.05) is 18.2 Å². The van der Waals surface area contributed by atoms with Crippen molar-refractivity contribution in [3.8, 4) is 16.9 Å². The van der Waals surface area contributed by atoms with Crippen LogP contribution >= 0.6 is 0 Å². The van der Waals surface area contributed by atoms with Crippen LogP contribution in [0, 0.1) is 0 Å². The molecule has 0 atom stereocenters. The summed E-state index contributed by atoms with van der Waals surface area (Å²) in [4.78, 5) is 15.3. The predicted octanol–water partition coefficient (Wildman–Crippen LogP) is 2.75. The summed E-state index contributed by atoms with van der Waals surface area (Å²) >= 11 is 0. The molecule has 0 amide bonds. The SMILES string of the molecule is [B]c1ccc(-c2coc3cc(OCCCCN4CCOCC4)ccc3c2=O)cc1. The van der Waals surface area contributed by atoms with Crippen LogP contribution in [0.25, 0.3) is 22.1 Å². The van der Waals surface area contributed by atoms with Crippen molar-refractivity contribution >= 4 is 24.3 Å². The molecule has 29 heavy (non-hydrogen) atoms. The number of fused-ring (bicyclic) bond motifs is 1. The number of hydrogen-bond acceptors (Lipinski definition) is 5. The summed E-state index contributed by atoms with van der Waals surface area (Å²) in [6.45, 7) is 5.42. The van der Waals surface area contributed by atoms with E-state index in [9.17, 15) is 4.79 Å². The Balaban J connectivity index is 1.37. The second-order valence-electron chi connectivity index (χ2n) is 7.27. The molecule has 0 aliphatic carbocycles. The molecule has 1 fully saturated rings. The predicted molar refractivity (Wildman–Crippen MR) is 115 cm³/mol. The quantitative estimate of drug-likeness (QED) is 0.460. The van der Waals surface area contributed by atoms with E-state index in [-0.39, 0.29) is 5.43 Å². The second-order valence-corrected chi connectivity index (χ2v) is 7.27. The number of hydrogen-bond donors (Lipinski definition) is 0. The Morgan fingerprint density at radius 3 is 2.62 bits per heavy atom. The lowest BCUT2D eigenvalue weighted by Crippen LogP contribution is -2.36. The third kappa shape index (κ3) is 4.89. The highest BCUT2D eigenvalue weighted by Crippen LogP contribution is 2.23. The molecule has 1 aliphatic heterocycles. The van der Waals surface area contributed by atoms with E-state index in [1.165, 1.54) is 6.26 Å². The lowest BCUT2D eigenvalue weighted by atomic mass is 9.94. The van der Waals surface area contributed by atoms with Gasteiger partial charge < -0.3 is 13.9 Å². The molecule has 0 unspecified atom stereocenters. The van der Waals surface area contributed by atoms with Gasteiger partial charge in [0.25, 0.3) is 0 Å². The van der Waals surface area contributed by atoms with Gasteiger partial charge in [-0.3, -0.25) is 9.69 Å². The number of morpholine rings is 1. The zero-order valence-electron chi connectivity index (χ0n) is 16.4. The Hall–Kier alpha value is -2.57. The molecule has 2 aromatic carbocycles. The average Bonchev–Trinajstić information content (AvgIpc) is 2.75.